The van der Waals surface area contributed by atoms with Crippen LogP contribution in [0.2, 0.25) is 5.02 Å². The number of nitrogens with zero attached hydrogens (tertiary/aromatic N) is 2. The predicted octanol–water partition coefficient (Wildman–Crippen LogP) is 2.42. The summed E-state index contributed by atoms with van der Waals surface area (Å²) in [6.07, 6.45) is 1.03. The highest BCUT2D eigenvalue weighted by atomic mass is 35.5. The first-order valence-corrected chi connectivity index (χ1v) is 6.13. The van der Waals surface area contributed by atoms with Crippen LogP contribution in [0.25, 0.3) is 0 Å². The zero-order chi connectivity index (χ0) is 12.4. The molecule has 2 rings (SSSR count). The van der Waals surface area contributed by atoms with E-state index in [-0.39, 0.29) is 12.6 Å². The van der Waals surface area contributed by atoms with Gasteiger partial charge in [0.2, 0.25) is 0 Å². The molecule has 0 radical (unpaired) electrons. The fourth-order valence-electron chi connectivity index (χ4n) is 2.45. The van der Waals surface area contributed by atoms with Crippen molar-refractivity contribution in [1.29, 1.82) is 5.26 Å². The van der Waals surface area contributed by atoms with Crippen molar-refractivity contribution in [1.82, 2.24) is 0 Å². The Morgan fingerprint density at radius 3 is 3.00 bits per heavy atom. The maximum Gasteiger partial charge on any atom is 0.103 e. The van der Waals surface area contributed by atoms with Gasteiger partial charge in [-0.05, 0) is 24.5 Å². The first kappa shape index (κ1) is 12.2. The summed E-state index contributed by atoms with van der Waals surface area (Å²) >= 11 is 6.02. The number of aliphatic hydroxyl groups excluding tert-OH is 1. The predicted molar refractivity (Wildman–Crippen MR) is 68.2 cm³/mol. The van der Waals surface area contributed by atoms with Crippen LogP contribution in [-0.2, 0) is 0 Å². The fourth-order valence-corrected chi connectivity index (χ4v) is 2.66. The highest BCUT2D eigenvalue weighted by Gasteiger charge is 2.32. The zero-order valence-corrected chi connectivity index (χ0v) is 10.5. The highest BCUT2D eigenvalue weighted by molar-refractivity contribution is 6.32. The van der Waals surface area contributed by atoms with Crippen LogP contribution in [0.1, 0.15) is 18.9 Å². The number of rotatable bonds is 2. The molecule has 0 bridgehead atoms. The lowest BCUT2D eigenvalue weighted by Crippen LogP contribution is -2.35. The molecule has 0 saturated carbocycles. The Labute approximate surface area is 106 Å². The van der Waals surface area contributed by atoms with Gasteiger partial charge < -0.3 is 10.0 Å². The van der Waals surface area contributed by atoms with Crippen LogP contribution in [-0.4, -0.2) is 24.3 Å². The van der Waals surface area contributed by atoms with Crippen molar-refractivity contribution in [2.75, 3.05) is 18.1 Å². The SMILES string of the molecule is CC1CCN(c2cccc(Cl)c2C#N)C1CO. The van der Waals surface area contributed by atoms with Gasteiger partial charge in [0, 0.05) is 6.54 Å². The van der Waals surface area contributed by atoms with Crippen molar-refractivity contribution in [3.8, 4) is 6.07 Å². The molecule has 1 aliphatic rings. The summed E-state index contributed by atoms with van der Waals surface area (Å²) in [7, 11) is 0. The molecule has 0 aliphatic carbocycles. The van der Waals surface area contributed by atoms with E-state index in [4.69, 9.17) is 16.9 Å². The standard InChI is InChI=1S/C13H15ClN2O/c1-9-5-6-16(13(9)8-17)12-4-2-3-11(14)10(12)7-15/h2-4,9,13,17H,5-6,8H2,1H3. The molecule has 4 heteroatoms. The molecule has 0 amide bonds. The van der Waals surface area contributed by atoms with E-state index in [1.165, 1.54) is 0 Å². The van der Waals surface area contributed by atoms with Crippen molar-refractivity contribution < 1.29 is 5.11 Å². The molecule has 2 unspecified atom stereocenters. The molecule has 17 heavy (non-hydrogen) atoms. The lowest BCUT2D eigenvalue weighted by atomic mass is 10.0. The third-order valence-corrected chi connectivity index (χ3v) is 3.80. The first-order valence-electron chi connectivity index (χ1n) is 5.75. The highest BCUT2D eigenvalue weighted by Crippen LogP contribution is 2.34. The molecule has 1 aliphatic heterocycles. The maximum absolute atomic E-state index is 9.44. The molecule has 1 aromatic carbocycles. The normalized spacial score (nSPS) is 23.8. The molecule has 1 heterocycles. The molecule has 1 N–H and O–H groups in total. The molecule has 1 saturated heterocycles. The second-order valence-electron chi connectivity index (χ2n) is 4.46. The maximum atomic E-state index is 9.44. The largest absolute Gasteiger partial charge is 0.394 e. The van der Waals surface area contributed by atoms with Gasteiger partial charge in [-0.25, -0.2) is 0 Å². The van der Waals surface area contributed by atoms with Gasteiger partial charge in [-0.2, -0.15) is 5.26 Å². The molecule has 3 nitrogen and oxygen atoms in total. The van der Waals surface area contributed by atoms with Gasteiger partial charge in [0.1, 0.15) is 6.07 Å². The third-order valence-electron chi connectivity index (χ3n) is 3.48. The monoisotopic (exact) mass is 250 g/mol. The Balaban J connectivity index is 2.41. The number of anilines is 1. The van der Waals surface area contributed by atoms with Crippen LogP contribution in [0.5, 0.6) is 0 Å². The Morgan fingerprint density at radius 2 is 2.35 bits per heavy atom. The van der Waals surface area contributed by atoms with Crippen molar-refractivity contribution >= 4 is 17.3 Å². The Hall–Kier alpha value is -1.24. The van der Waals surface area contributed by atoms with E-state index in [0.717, 1.165) is 18.7 Å². The van der Waals surface area contributed by atoms with E-state index in [9.17, 15) is 5.11 Å². The molecule has 0 aromatic heterocycles. The summed E-state index contributed by atoms with van der Waals surface area (Å²) in [5, 5.41) is 19.1. The van der Waals surface area contributed by atoms with Gasteiger partial charge >= 0.3 is 0 Å². The molecular formula is C13H15ClN2O. The van der Waals surface area contributed by atoms with Gasteiger partial charge in [0.05, 0.1) is 28.9 Å². The van der Waals surface area contributed by atoms with Crippen LogP contribution in [0.3, 0.4) is 0 Å². The number of aliphatic hydroxyl groups is 1. The average Bonchev–Trinajstić information content (AvgIpc) is 2.69. The summed E-state index contributed by atoms with van der Waals surface area (Å²) in [6.45, 7) is 3.09. The van der Waals surface area contributed by atoms with Crippen molar-refractivity contribution in [3.05, 3.63) is 28.8 Å². The van der Waals surface area contributed by atoms with Crippen molar-refractivity contribution in [2.45, 2.75) is 19.4 Å². The summed E-state index contributed by atoms with van der Waals surface area (Å²) in [6, 6.07) is 7.69. The number of nitriles is 1. The third kappa shape index (κ3) is 2.11. The van der Waals surface area contributed by atoms with Gasteiger partial charge in [-0.3, -0.25) is 0 Å². The Morgan fingerprint density at radius 1 is 1.59 bits per heavy atom. The van der Waals surface area contributed by atoms with Gasteiger partial charge in [-0.1, -0.05) is 24.6 Å². The molecule has 0 spiro atoms. The molecule has 90 valence electrons. The second-order valence-corrected chi connectivity index (χ2v) is 4.86. The smallest absolute Gasteiger partial charge is 0.103 e. The summed E-state index contributed by atoms with van der Waals surface area (Å²) in [5.74, 6) is 0.436. The zero-order valence-electron chi connectivity index (χ0n) is 9.73. The van der Waals surface area contributed by atoms with E-state index < -0.39 is 0 Å². The minimum atomic E-state index is 0.0839. The number of hydrogen-bond acceptors (Lipinski definition) is 3. The number of benzene rings is 1. The van der Waals surface area contributed by atoms with E-state index >= 15 is 0 Å². The molecule has 1 aromatic rings. The minimum Gasteiger partial charge on any atom is -0.394 e. The number of hydrogen-bond donors (Lipinski definition) is 1. The van der Waals surface area contributed by atoms with Crippen LogP contribution in [0.15, 0.2) is 18.2 Å². The van der Waals surface area contributed by atoms with Crippen LogP contribution >= 0.6 is 11.6 Å². The lowest BCUT2D eigenvalue weighted by Gasteiger charge is -2.28. The second kappa shape index (κ2) is 4.95. The lowest BCUT2D eigenvalue weighted by molar-refractivity contribution is 0.244. The average molecular weight is 251 g/mol. The topological polar surface area (TPSA) is 47.3 Å². The van der Waals surface area contributed by atoms with Gasteiger partial charge in [-0.15, -0.1) is 0 Å². The Bertz CT molecular complexity index is 455. The van der Waals surface area contributed by atoms with E-state index in [1.807, 2.05) is 12.1 Å². The summed E-state index contributed by atoms with van der Waals surface area (Å²) in [5.41, 5.74) is 1.34. The number of halogens is 1. The van der Waals surface area contributed by atoms with E-state index in [1.54, 1.807) is 6.07 Å². The van der Waals surface area contributed by atoms with E-state index in [0.29, 0.717) is 16.5 Å². The summed E-state index contributed by atoms with van der Waals surface area (Å²) in [4.78, 5) is 2.09. The van der Waals surface area contributed by atoms with Gasteiger partial charge in [0.25, 0.3) is 0 Å². The van der Waals surface area contributed by atoms with Crippen LogP contribution in [0, 0.1) is 17.2 Å². The molecule has 1 fully saturated rings. The summed E-state index contributed by atoms with van der Waals surface area (Å²) < 4.78 is 0. The first-order chi connectivity index (χ1) is 8.19. The van der Waals surface area contributed by atoms with Crippen molar-refractivity contribution in [2.24, 2.45) is 5.92 Å². The molecular weight excluding hydrogens is 236 g/mol. The molecule has 2 atom stereocenters. The quantitative estimate of drug-likeness (QED) is 0.877. The van der Waals surface area contributed by atoms with Crippen LogP contribution < -0.4 is 4.90 Å². The Kier molecular flexibility index (Phi) is 3.56. The fraction of sp³-hybridized carbons (Fsp3) is 0.462. The minimum absolute atomic E-state index is 0.0839. The van der Waals surface area contributed by atoms with Gasteiger partial charge in [0.15, 0.2) is 0 Å². The van der Waals surface area contributed by atoms with Crippen molar-refractivity contribution in [3.63, 3.8) is 0 Å². The van der Waals surface area contributed by atoms with Crippen LogP contribution in [0.4, 0.5) is 5.69 Å². The van der Waals surface area contributed by atoms with E-state index in [2.05, 4.69) is 17.9 Å².